The molecule has 0 bridgehead atoms. The Morgan fingerprint density at radius 2 is 1.38 bits per heavy atom. The molecular weight excluding hydrogens is 302 g/mol. The van der Waals surface area contributed by atoms with Gasteiger partial charge in [-0.3, -0.25) is 10.1 Å². The topological polar surface area (TPSA) is 63.4 Å². The summed E-state index contributed by atoms with van der Waals surface area (Å²) in [5.41, 5.74) is 3.48. The predicted octanol–water partition coefficient (Wildman–Crippen LogP) is 4.86. The van der Waals surface area contributed by atoms with E-state index in [9.17, 15) is 10.1 Å². The molecule has 1 N–H and O–H groups in total. The minimum absolute atomic E-state index is 0.107. The number of aliphatic hydroxyl groups excluding tert-OH is 1. The van der Waals surface area contributed by atoms with Gasteiger partial charge in [0.05, 0.1) is 4.92 Å². The lowest BCUT2D eigenvalue weighted by Gasteiger charge is -2.02. The largest absolute Gasteiger partial charge is 0.396 e. The highest BCUT2D eigenvalue weighted by molar-refractivity contribution is 5.70. The zero-order chi connectivity index (χ0) is 17.2. The maximum atomic E-state index is 10.6. The Labute approximate surface area is 142 Å². The van der Waals surface area contributed by atoms with E-state index in [1.165, 1.54) is 17.7 Å². The summed E-state index contributed by atoms with van der Waals surface area (Å²) < 4.78 is 0. The summed E-state index contributed by atoms with van der Waals surface area (Å²) in [6.07, 6.45) is 9.32. The lowest BCUT2D eigenvalue weighted by Crippen LogP contribution is -1.88. The van der Waals surface area contributed by atoms with Crippen LogP contribution in [0.15, 0.2) is 48.5 Å². The molecule has 0 saturated carbocycles. The van der Waals surface area contributed by atoms with Gasteiger partial charge in [-0.05, 0) is 48.1 Å². The molecule has 2 aromatic carbocycles. The van der Waals surface area contributed by atoms with Crippen LogP contribution in [0.5, 0.6) is 0 Å². The number of non-ortho nitro benzene ring substituents is 1. The van der Waals surface area contributed by atoms with Crippen LogP contribution < -0.4 is 0 Å². The first-order chi connectivity index (χ1) is 11.7. The second-order valence-electron chi connectivity index (χ2n) is 5.81. The van der Waals surface area contributed by atoms with Crippen LogP contribution >= 0.6 is 0 Å². The highest BCUT2D eigenvalue weighted by Crippen LogP contribution is 2.15. The summed E-state index contributed by atoms with van der Waals surface area (Å²) in [4.78, 5) is 10.2. The fraction of sp³-hybridized carbons (Fsp3) is 0.300. The number of nitrogens with zero attached hydrogens (tertiary/aromatic N) is 1. The Bertz CT molecular complexity index is 660. The van der Waals surface area contributed by atoms with Gasteiger partial charge in [0.25, 0.3) is 5.69 Å². The molecule has 0 heterocycles. The molecule has 2 aromatic rings. The summed E-state index contributed by atoms with van der Waals surface area (Å²) in [5.74, 6) is 0. The van der Waals surface area contributed by atoms with Crippen LogP contribution in [0, 0.1) is 10.1 Å². The first kappa shape index (κ1) is 17.9. The highest BCUT2D eigenvalue weighted by Gasteiger charge is 2.02. The highest BCUT2D eigenvalue weighted by atomic mass is 16.6. The monoisotopic (exact) mass is 325 g/mol. The molecule has 0 spiro atoms. The van der Waals surface area contributed by atoms with Gasteiger partial charge in [-0.2, -0.15) is 0 Å². The molecule has 0 aliphatic heterocycles. The molecule has 0 atom stereocenters. The van der Waals surface area contributed by atoms with Crippen molar-refractivity contribution < 1.29 is 10.0 Å². The van der Waals surface area contributed by atoms with E-state index in [1.54, 1.807) is 12.1 Å². The van der Waals surface area contributed by atoms with Crippen molar-refractivity contribution in [1.29, 1.82) is 0 Å². The second-order valence-corrected chi connectivity index (χ2v) is 5.81. The summed E-state index contributed by atoms with van der Waals surface area (Å²) in [7, 11) is 0. The fourth-order valence-corrected chi connectivity index (χ4v) is 2.49. The Kier molecular flexibility index (Phi) is 7.18. The summed E-state index contributed by atoms with van der Waals surface area (Å²) in [5, 5.41) is 19.4. The van der Waals surface area contributed by atoms with E-state index in [1.807, 2.05) is 12.2 Å². The normalized spacial score (nSPS) is 11.0. The van der Waals surface area contributed by atoms with Gasteiger partial charge in [-0.25, -0.2) is 0 Å². The third-order valence-electron chi connectivity index (χ3n) is 3.93. The molecular formula is C20H23NO3. The van der Waals surface area contributed by atoms with Gasteiger partial charge < -0.3 is 5.11 Å². The molecule has 126 valence electrons. The van der Waals surface area contributed by atoms with Crippen molar-refractivity contribution in [3.63, 3.8) is 0 Å². The van der Waals surface area contributed by atoms with Crippen LogP contribution in [-0.4, -0.2) is 16.6 Å². The van der Waals surface area contributed by atoms with Gasteiger partial charge >= 0.3 is 0 Å². The number of hydrogen-bond donors (Lipinski definition) is 1. The molecule has 0 unspecified atom stereocenters. The summed E-state index contributed by atoms with van der Waals surface area (Å²) in [6, 6.07) is 15.0. The van der Waals surface area contributed by atoms with Crippen molar-refractivity contribution in [3.8, 4) is 0 Å². The van der Waals surface area contributed by atoms with Gasteiger partial charge in [0.15, 0.2) is 0 Å². The van der Waals surface area contributed by atoms with Gasteiger partial charge in [0.1, 0.15) is 0 Å². The molecule has 4 heteroatoms. The molecule has 0 radical (unpaired) electrons. The molecule has 4 nitrogen and oxygen atoms in total. The lowest BCUT2D eigenvalue weighted by atomic mass is 10.0. The number of nitro groups is 1. The SMILES string of the molecule is O=[N+]([O-])c1ccc(C=Cc2ccc(CCCCCCO)cc2)cc1. The van der Waals surface area contributed by atoms with Crippen LogP contribution in [0.1, 0.15) is 42.4 Å². The number of hydrogen-bond acceptors (Lipinski definition) is 3. The molecule has 0 fully saturated rings. The zero-order valence-electron chi connectivity index (χ0n) is 13.7. The first-order valence-corrected chi connectivity index (χ1v) is 8.31. The van der Waals surface area contributed by atoms with E-state index in [0.29, 0.717) is 0 Å². The van der Waals surface area contributed by atoms with Gasteiger partial charge in [0, 0.05) is 18.7 Å². The predicted molar refractivity (Wildman–Crippen MR) is 97.7 cm³/mol. The first-order valence-electron chi connectivity index (χ1n) is 8.31. The Morgan fingerprint density at radius 3 is 1.92 bits per heavy atom. The fourth-order valence-electron chi connectivity index (χ4n) is 2.49. The van der Waals surface area contributed by atoms with Crippen molar-refractivity contribution in [2.24, 2.45) is 0 Å². The summed E-state index contributed by atoms with van der Waals surface area (Å²) >= 11 is 0. The molecule has 0 amide bonds. The average Bonchev–Trinajstić information content (AvgIpc) is 2.61. The molecule has 0 aromatic heterocycles. The number of nitro benzene ring substituents is 1. The maximum absolute atomic E-state index is 10.6. The van der Waals surface area contributed by atoms with Crippen molar-refractivity contribution in [2.75, 3.05) is 6.61 Å². The third-order valence-corrected chi connectivity index (χ3v) is 3.93. The smallest absolute Gasteiger partial charge is 0.269 e. The van der Waals surface area contributed by atoms with Crippen LogP contribution in [0.25, 0.3) is 12.2 Å². The van der Waals surface area contributed by atoms with Crippen molar-refractivity contribution in [2.45, 2.75) is 32.1 Å². The Hall–Kier alpha value is -2.46. The average molecular weight is 325 g/mol. The number of benzene rings is 2. The van der Waals surface area contributed by atoms with E-state index in [2.05, 4.69) is 24.3 Å². The van der Waals surface area contributed by atoms with E-state index >= 15 is 0 Å². The molecule has 0 aliphatic rings. The molecule has 0 aliphatic carbocycles. The summed E-state index contributed by atoms with van der Waals surface area (Å²) in [6.45, 7) is 0.287. The minimum atomic E-state index is -0.393. The van der Waals surface area contributed by atoms with Crippen molar-refractivity contribution in [3.05, 3.63) is 75.3 Å². The lowest BCUT2D eigenvalue weighted by molar-refractivity contribution is -0.384. The van der Waals surface area contributed by atoms with Crippen LogP contribution in [0.4, 0.5) is 5.69 Å². The van der Waals surface area contributed by atoms with Crippen molar-refractivity contribution in [1.82, 2.24) is 0 Å². The van der Waals surface area contributed by atoms with E-state index in [-0.39, 0.29) is 12.3 Å². The Balaban J connectivity index is 1.85. The third kappa shape index (κ3) is 5.97. The molecule has 0 saturated heterocycles. The van der Waals surface area contributed by atoms with Gasteiger partial charge in [-0.15, -0.1) is 0 Å². The maximum Gasteiger partial charge on any atom is 0.269 e. The van der Waals surface area contributed by atoms with Crippen LogP contribution in [0.2, 0.25) is 0 Å². The number of unbranched alkanes of at least 4 members (excludes halogenated alkanes) is 3. The minimum Gasteiger partial charge on any atom is -0.396 e. The molecule has 24 heavy (non-hydrogen) atoms. The quantitative estimate of drug-likeness (QED) is 0.310. The van der Waals surface area contributed by atoms with Gasteiger partial charge in [0.2, 0.25) is 0 Å². The van der Waals surface area contributed by atoms with Crippen LogP contribution in [0.3, 0.4) is 0 Å². The van der Waals surface area contributed by atoms with Crippen LogP contribution in [-0.2, 0) is 6.42 Å². The second kappa shape index (κ2) is 9.63. The van der Waals surface area contributed by atoms with E-state index in [4.69, 9.17) is 5.11 Å². The number of aryl methyl sites for hydroxylation is 1. The Morgan fingerprint density at radius 1 is 0.833 bits per heavy atom. The number of aliphatic hydroxyl groups is 1. The molecule has 2 rings (SSSR count). The van der Waals surface area contributed by atoms with E-state index in [0.717, 1.165) is 43.2 Å². The zero-order valence-corrected chi connectivity index (χ0v) is 13.7. The van der Waals surface area contributed by atoms with E-state index < -0.39 is 4.92 Å². The standard InChI is InChI=1S/C20H23NO3/c22-16-4-2-1-3-5-17-6-8-18(9-7-17)10-11-19-12-14-20(15-13-19)21(23)24/h6-15,22H,1-5,16H2. The number of rotatable bonds is 9. The van der Waals surface area contributed by atoms with Crippen molar-refractivity contribution >= 4 is 17.8 Å². The van der Waals surface area contributed by atoms with Gasteiger partial charge in [-0.1, -0.05) is 49.3 Å².